The van der Waals surface area contributed by atoms with Crippen LogP contribution in [0, 0.1) is 11.3 Å². The summed E-state index contributed by atoms with van der Waals surface area (Å²) in [5.41, 5.74) is -0.750. The SMILES string of the molecule is CCC(C)(C#N)NC(=O)NC. The molecular weight excluding hydrogens is 142 g/mol. The lowest BCUT2D eigenvalue weighted by atomic mass is 10.0. The molecule has 1 atom stereocenters. The maximum Gasteiger partial charge on any atom is 0.315 e. The van der Waals surface area contributed by atoms with Gasteiger partial charge in [-0.1, -0.05) is 6.92 Å². The number of nitriles is 1. The molecule has 0 saturated carbocycles. The van der Waals surface area contributed by atoms with Gasteiger partial charge in [-0.05, 0) is 13.3 Å². The number of hydrogen-bond donors (Lipinski definition) is 2. The molecule has 0 aliphatic heterocycles. The number of carbonyl (C=O) groups excluding carboxylic acids is 1. The molecule has 0 spiro atoms. The van der Waals surface area contributed by atoms with Gasteiger partial charge in [0.1, 0.15) is 5.54 Å². The summed E-state index contributed by atoms with van der Waals surface area (Å²) >= 11 is 0. The van der Waals surface area contributed by atoms with Crippen LogP contribution < -0.4 is 10.6 Å². The van der Waals surface area contributed by atoms with Gasteiger partial charge in [0, 0.05) is 7.05 Å². The summed E-state index contributed by atoms with van der Waals surface area (Å²) in [4.78, 5) is 10.8. The van der Waals surface area contributed by atoms with E-state index in [4.69, 9.17) is 5.26 Å². The number of hydrogen-bond acceptors (Lipinski definition) is 2. The van der Waals surface area contributed by atoms with Gasteiger partial charge in [0.15, 0.2) is 0 Å². The Hall–Kier alpha value is -1.24. The van der Waals surface area contributed by atoms with Gasteiger partial charge in [-0.25, -0.2) is 4.79 Å². The molecule has 2 N–H and O–H groups in total. The van der Waals surface area contributed by atoms with E-state index in [1.807, 2.05) is 13.0 Å². The van der Waals surface area contributed by atoms with E-state index in [0.717, 1.165) is 0 Å². The fourth-order valence-corrected chi connectivity index (χ4v) is 0.508. The Bertz CT molecular complexity index is 185. The lowest BCUT2D eigenvalue weighted by molar-refractivity contribution is 0.235. The van der Waals surface area contributed by atoms with Gasteiger partial charge < -0.3 is 10.6 Å². The van der Waals surface area contributed by atoms with E-state index in [2.05, 4.69) is 10.6 Å². The zero-order valence-electron chi connectivity index (χ0n) is 7.06. The Labute approximate surface area is 66.6 Å². The molecule has 0 saturated heterocycles. The van der Waals surface area contributed by atoms with Crippen LogP contribution in [0.1, 0.15) is 20.3 Å². The third-order valence-corrected chi connectivity index (χ3v) is 1.57. The van der Waals surface area contributed by atoms with Gasteiger partial charge >= 0.3 is 6.03 Å². The zero-order chi connectivity index (χ0) is 8.91. The Balaban J connectivity index is 4.11. The highest BCUT2D eigenvalue weighted by atomic mass is 16.2. The molecule has 0 aromatic rings. The normalized spacial score (nSPS) is 14.4. The average molecular weight is 155 g/mol. The highest BCUT2D eigenvalue weighted by molar-refractivity contribution is 5.74. The summed E-state index contributed by atoms with van der Waals surface area (Å²) in [6.07, 6.45) is 0.594. The first kappa shape index (κ1) is 9.76. The van der Waals surface area contributed by atoms with E-state index < -0.39 is 5.54 Å². The van der Waals surface area contributed by atoms with E-state index in [-0.39, 0.29) is 6.03 Å². The molecule has 0 aliphatic rings. The molecule has 2 amide bonds. The minimum absolute atomic E-state index is 0.323. The minimum atomic E-state index is -0.750. The maximum absolute atomic E-state index is 10.8. The van der Waals surface area contributed by atoms with E-state index in [0.29, 0.717) is 6.42 Å². The molecule has 0 aliphatic carbocycles. The summed E-state index contributed by atoms with van der Waals surface area (Å²) < 4.78 is 0. The summed E-state index contributed by atoms with van der Waals surface area (Å²) in [6.45, 7) is 3.53. The molecule has 0 heterocycles. The van der Waals surface area contributed by atoms with Crippen LogP contribution >= 0.6 is 0 Å². The van der Waals surface area contributed by atoms with Crippen molar-refractivity contribution >= 4 is 6.03 Å². The second-order valence-corrected chi connectivity index (χ2v) is 2.50. The van der Waals surface area contributed by atoms with Crippen LogP contribution in [0.25, 0.3) is 0 Å². The monoisotopic (exact) mass is 155 g/mol. The largest absolute Gasteiger partial charge is 0.341 e. The molecule has 0 aromatic carbocycles. The van der Waals surface area contributed by atoms with Crippen molar-refractivity contribution in [2.24, 2.45) is 0 Å². The van der Waals surface area contributed by atoms with Crippen molar-refractivity contribution in [2.45, 2.75) is 25.8 Å². The summed E-state index contributed by atoms with van der Waals surface area (Å²) in [7, 11) is 1.52. The first-order valence-corrected chi connectivity index (χ1v) is 3.49. The molecule has 4 nitrogen and oxygen atoms in total. The van der Waals surface area contributed by atoms with Crippen LogP contribution in [0.2, 0.25) is 0 Å². The number of urea groups is 1. The van der Waals surface area contributed by atoms with Crippen molar-refractivity contribution in [3.63, 3.8) is 0 Å². The van der Waals surface area contributed by atoms with Gasteiger partial charge in [0.25, 0.3) is 0 Å². The fraction of sp³-hybridized carbons (Fsp3) is 0.714. The van der Waals surface area contributed by atoms with E-state index in [1.165, 1.54) is 7.05 Å². The van der Waals surface area contributed by atoms with Crippen molar-refractivity contribution < 1.29 is 4.79 Å². The van der Waals surface area contributed by atoms with Crippen LogP contribution in [0.4, 0.5) is 4.79 Å². The van der Waals surface area contributed by atoms with Gasteiger partial charge in [0.05, 0.1) is 6.07 Å². The molecule has 62 valence electrons. The van der Waals surface area contributed by atoms with Crippen molar-refractivity contribution in [1.29, 1.82) is 5.26 Å². The third-order valence-electron chi connectivity index (χ3n) is 1.57. The number of nitrogens with one attached hydrogen (secondary N) is 2. The third kappa shape index (κ3) is 2.89. The quantitative estimate of drug-likeness (QED) is 0.613. The van der Waals surface area contributed by atoms with Gasteiger partial charge in [-0.15, -0.1) is 0 Å². The van der Waals surface area contributed by atoms with Crippen LogP contribution in [-0.4, -0.2) is 18.6 Å². The predicted molar refractivity (Wildman–Crippen MR) is 41.9 cm³/mol. The van der Waals surface area contributed by atoms with Crippen molar-refractivity contribution in [2.75, 3.05) is 7.05 Å². The standard InChI is InChI=1S/C7H13N3O/c1-4-7(2,5-8)10-6(11)9-3/h4H2,1-3H3,(H2,9,10,11). The first-order chi connectivity index (χ1) is 5.08. The lowest BCUT2D eigenvalue weighted by Crippen LogP contribution is -2.48. The first-order valence-electron chi connectivity index (χ1n) is 3.49. The van der Waals surface area contributed by atoms with E-state index in [1.54, 1.807) is 6.92 Å². The number of carbonyl (C=O) groups is 1. The smallest absolute Gasteiger partial charge is 0.315 e. The summed E-state index contributed by atoms with van der Waals surface area (Å²) in [5.74, 6) is 0. The zero-order valence-corrected chi connectivity index (χ0v) is 7.06. The van der Waals surface area contributed by atoms with Crippen LogP contribution in [-0.2, 0) is 0 Å². The molecule has 11 heavy (non-hydrogen) atoms. The van der Waals surface area contributed by atoms with Crippen LogP contribution in [0.3, 0.4) is 0 Å². The second-order valence-electron chi connectivity index (χ2n) is 2.50. The van der Waals surface area contributed by atoms with Gasteiger partial charge in [-0.3, -0.25) is 0 Å². The Morgan fingerprint density at radius 3 is 2.55 bits per heavy atom. The molecule has 4 heteroatoms. The highest BCUT2D eigenvalue weighted by Gasteiger charge is 2.22. The second kappa shape index (κ2) is 3.81. The Kier molecular flexibility index (Phi) is 3.38. The fourth-order valence-electron chi connectivity index (χ4n) is 0.508. The van der Waals surface area contributed by atoms with Crippen LogP contribution in [0.15, 0.2) is 0 Å². The molecule has 0 radical (unpaired) electrons. The minimum Gasteiger partial charge on any atom is -0.341 e. The van der Waals surface area contributed by atoms with Crippen molar-refractivity contribution in [1.82, 2.24) is 10.6 Å². The number of rotatable bonds is 2. The Morgan fingerprint density at radius 1 is 1.73 bits per heavy atom. The van der Waals surface area contributed by atoms with Gasteiger partial charge in [0.2, 0.25) is 0 Å². The molecule has 0 aromatic heterocycles. The number of amides is 2. The molecular formula is C7H13N3O. The predicted octanol–water partition coefficient (Wildman–Crippen LogP) is 0.608. The molecule has 1 unspecified atom stereocenters. The summed E-state index contributed by atoms with van der Waals surface area (Å²) in [6, 6.07) is 1.70. The topological polar surface area (TPSA) is 64.9 Å². The van der Waals surface area contributed by atoms with Crippen LogP contribution in [0.5, 0.6) is 0 Å². The van der Waals surface area contributed by atoms with E-state index >= 15 is 0 Å². The lowest BCUT2D eigenvalue weighted by Gasteiger charge is -2.20. The van der Waals surface area contributed by atoms with Crippen molar-refractivity contribution in [3.05, 3.63) is 0 Å². The van der Waals surface area contributed by atoms with Crippen molar-refractivity contribution in [3.8, 4) is 6.07 Å². The maximum atomic E-state index is 10.8. The molecule has 0 rings (SSSR count). The molecule has 0 fully saturated rings. The average Bonchev–Trinajstić information content (AvgIpc) is 2.04. The summed E-state index contributed by atoms with van der Waals surface area (Å²) in [5, 5.41) is 13.6. The Morgan fingerprint density at radius 2 is 2.27 bits per heavy atom. The van der Waals surface area contributed by atoms with Gasteiger partial charge in [-0.2, -0.15) is 5.26 Å². The molecule has 0 bridgehead atoms. The van der Waals surface area contributed by atoms with E-state index in [9.17, 15) is 4.79 Å². The number of nitrogens with zero attached hydrogens (tertiary/aromatic N) is 1. The highest BCUT2D eigenvalue weighted by Crippen LogP contribution is 2.05.